The van der Waals surface area contributed by atoms with E-state index in [1.807, 2.05) is 31.2 Å². The van der Waals surface area contributed by atoms with E-state index in [1.54, 1.807) is 0 Å². The van der Waals surface area contributed by atoms with Crippen molar-refractivity contribution in [2.45, 2.75) is 44.6 Å². The van der Waals surface area contributed by atoms with Crippen LogP contribution in [0, 0.1) is 12.8 Å². The molecule has 21 heavy (non-hydrogen) atoms. The molecule has 0 bridgehead atoms. The molecule has 1 heterocycles. The number of nitrogens with zero attached hydrogens (tertiary/aromatic N) is 1. The maximum atomic E-state index is 12.4. The van der Waals surface area contributed by atoms with Crippen molar-refractivity contribution in [1.29, 1.82) is 0 Å². The van der Waals surface area contributed by atoms with Gasteiger partial charge in [0.05, 0.1) is 12.1 Å². The standard InChI is InChI=1S/C18H25NO2/c1-14-5-7-15(8-6-14)17(20)13-19-11-10-18(21)9-3-2-4-16(18)12-19/h5-8,16,21H,2-4,9-13H2,1H3. The second kappa shape index (κ2) is 5.90. The molecule has 2 atom stereocenters. The molecule has 0 amide bonds. The van der Waals surface area contributed by atoms with Crippen molar-refractivity contribution in [3.05, 3.63) is 35.4 Å². The number of carbonyl (C=O) groups is 1. The molecule has 3 nitrogen and oxygen atoms in total. The van der Waals surface area contributed by atoms with Crippen molar-refractivity contribution in [1.82, 2.24) is 4.90 Å². The Morgan fingerprint density at radius 3 is 2.81 bits per heavy atom. The number of ketones is 1. The molecule has 1 aliphatic heterocycles. The molecule has 1 N–H and O–H groups in total. The minimum absolute atomic E-state index is 0.191. The zero-order valence-corrected chi connectivity index (χ0v) is 12.8. The molecule has 3 heteroatoms. The Balaban J connectivity index is 1.61. The van der Waals surface area contributed by atoms with Crippen molar-refractivity contribution >= 4 is 5.78 Å². The quantitative estimate of drug-likeness (QED) is 0.869. The van der Waals surface area contributed by atoms with Gasteiger partial charge in [-0.15, -0.1) is 0 Å². The number of likely N-dealkylation sites (tertiary alicyclic amines) is 1. The summed E-state index contributed by atoms with van der Waals surface area (Å²) in [5.41, 5.74) is 1.52. The van der Waals surface area contributed by atoms with Gasteiger partial charge in [-0.05, 0) is 26.2 Å². The Hall–Kier alpha value is -1.19. The molecule has 1 saturated carbocycles. The maximum absolute atomic E-state index is 12.4. The minimum Gasteiger partial charge on any atom is -0.390 e. The van der Waals surface area contributed by atoms with Crippen LogP contribution in [-0.2, 0) is 0 Å². The summed E-state index contributed by atoms with van der Waals surface area (Å²) in [5, 5.41) is 10.7. The highest BCUT2D eigenvalue weighted by Gasteiger charge is 2.42. The number of benzene rings is 1. The summed E-state index contributed by atoms with van der Waals surface area (Å²) in [5.74, 6) is 0.544. The summed E-state index contributed by atoms with van der Waals surface area (Å²) < 4.78 is 0. The lowest BCUT2D eigenvalue weighted by Crippen LogP contribution is -2.54. The number of hydrogen-bond donors (Lipinski definition) is 1. The van der Waals surface area contributed by atoms with Crippen molar-refractivity contribution in [2.24, 2.45) is 5.92 Å². The molecular formula is C18H25NO2. The second-order valence-electron chi connectivity index (χ2n) is 6.82. The molecule has 1 aromatic carbocycles. The summed E-state index contributed by atoms with van der Waals surface area (Å²) in [6.07, 6.45) is 5.23. The zero-order chi connectivity index (χ0) is 14.9. The maximum Gasteiger partial charge on any atom is 0.176 e. The molecule has 2 aliphatic rings. The fraction of sp³-hybridized carbons (Fsp3) is 0.611. The normalized spacial score (nSPS) is 29.9. The van der Waals surface area contributed by atoms with Crippen LogP contribution in [0.4, 0.5) is 0 Å². The highest BCUT2D eigenvalue weighted by Crippen LogP contribution is 2.39. The number of Topliss-reactive ketones (excluding diaryl/α,β-unsaturated/α-hetero) is 1. The number of aryl methyl sites for hydroxylation is 1. The van der Waals surface area contributed by atoms with Crippen LogP contribution in [0.3, 0.4) is 0 Å². The highest BCUT2D eigenvalue weighted by atomic mass is 16.3. The van der Waals surface area contributed by atoms with Gasteiger partial charge in [-0.2, -0.15) is 0 Å². The molecule has 0 radical (unpaired) electrons. The molecule has 1 aliphatic carbocycles. The third kappa shape index (κ3) is 3.19. The number of carbonyl (C=O) groups excluding carboxylic acids is 1. The first kappa shape index (κ1) is 14.7. The fourth-order valence-corrected chi connectivity index (χ4v) is 3.82. The van der Waals surface area contributed by atoms with Gasteiger partial charge in [0.2, 0.25) is 0 Å². The Morgan fingerprint density at radius 2 is 2.05 bits per heavy atom. The third-order valence-electron chi connectivity index (χ3n) is 5.25. The highest BCUT2D eigenvalue weighted by molar-refractivity contribution is 5.97. The Labute approximate surface area is 127 Å². The van der Waals surface area contributed by atoms with E-state index in [0.29, 0.717) is 12.5 Å². The molecule has 3 rings (SSSR count). The van der Waals surface area contributed by atoms with Gasteiger partial charge in [0.1, 0.15) is 0 Å². The third-order valence-corrected chi connectivity index (χ3v) is 5.25. The first-order valence-corrected chi connectivity index (χ1v) is 8.11. The second-order valence-corrected chi connectivity index (χ2v) is 6.82. The first-order valence-electron chi connectivity index (χ1n) is 8.11. The Kier molecular flexibility index (Phi) is 4.14. The first-order chi connectivity index (χ1) is 10.1. The lowest BCUT2D eigenvalue weighted by molar-refractivity contribution is -0.0936. The summed E-state index contributed by atoms with van der Waals surface area (Å²) >= 11 is 0. The summed E-state index contributed by atoms with van der Waals surface area (Å²) in [6, 6.07) is 7.81. The summed E-state index contributed by atoms with van der Waals surface area (Å²) in [7, 11) is 0. The van der Waals surface area contributed by atoms with E-state index in [1.165, 1.54) is 12.0 Å². The molecule has 114 valence electrons. The van der Waals surface area contributed by atoms with Crippen LogP contribution in [0.25, 0.3) is 0 Å². The van der Waals surface area contributed by atoms with Gasteiger partial charge in [0.15, 0.2) is 5.78 Å². The molecule has 1 saturated heterocycles. The largest absolute Gasteiger partial charge is 0.390 e. The number of aliphatic hydroxyl groups is 1. The van der Waals surface area contributed by atoms with E-state index in [0.717, 1.165) is 44.3 Å². The minimum atomic E-state index is -0.457. The SMILES string of the molecule is Cc1ccc(C(=O)CN2CCC3(O)CCCCC3C2)cc1. The molecule has 2 fully saturated rings. The van der Waals surface area contributed by atoms with Gasteiger partial charge in [-0.1, -0.05) is 42.7 Å². The smallest absolute Gasteiger partial charge is 0.176 e. The van der Waals surface area contributed by atoms with Gasteiger partial charge in [-0.25, -0.2) is 0 Å². The van der Waals surface area contributed by atoms with E-state index in [-0.39, 0.29) is 5.78 Å². The van der Waals surface area contributed by atoms with E-state index in [4.69, 9.17) is 0 Å². The molecule has 1 aromatic rings. The number of rotatable bonds is 3. The van der Waals surface area contributed by atoms with Gasteiger partial charge < -0.3 is 5.11 Å². The van der Waals surface area contributed by atoms with Crippen LogP contribution in [0.2, 0.25) is 0 Å². The number of fused-ring (bicyclic) bond motifs is 1. The average molecular weight is 287 g/mol. The molecule has 0 spiro atoms. The number of hydrogen-bond acceptors (Lipinski definition) is 3. The lowest BCUT2D eigenvalue weighted by atomic mass is 9.71. The predicted molar refractivity (Wildman–Crippen MR) is 83.5 cm³/mol. The van der Waals surface area contributed by atoms with Crippen LogP contribution in [0.5, 0.6) is 0 Å². The van der Waals surface area contributed by atoms with E-state index in [9.17, 15) is 9.90 Å². The van der Waals surface area contributed by atoms with Crippen molar-refractivity contribution in [3.63, 3.8) is 0 Å². The summed E-state index contributed by atoms with van der Waals surface area (Å²) in [6.45, 7) is 4.22. The lowest BCUT2D eigenvalue weighted by Gasteiger charge is -2.47. The Morgan fingerprint density at radius 1 is 1.29 bits per heavy atom. The van der Waals surface area contributed by atoms with E-state index < -0.39 is 5.60 Å². The predicted octanol–water partition coefficient (Wildman–Crippen LogP) is 2.80. The van der Waals surface area contributed by atoms with Gasteiger partial charge in [0.25, 0.3) is 0 Å². The van der Waals surface area contributed by atoms with Crippen LogP contribution in [-0.4, -0.2) is 41.0 Å². The van der Waals surface area contributed by atoms with Crippen LogP contribution in [0.15, 0.2) is 24.3 Å². The van der Waals surface area contributed by atoms with Gasteiger partial charge >= 0.3 is 0 Å². The van der Waals surface area contributed by atoms with Crippen molar-refractivity contribution < 1.29 is 9.90 Å². The van der Waals surface area contributed by atoms with Crippen molar-refractivity contribution in [3.8, 4) is 0 Å². The van der Waals surface area contributed by atoms with Crippen molar-refractivity contribution in [2.75, 3.05) is 19.6 Å². The number of piperidine rings is 1. The van der Waals surface area contributed by atoms with Crippen LogP contribution in [0.1, 0.15) is 48.0 Å². The van der Waals surface area contributed by atoms with E-state index >= 15 is 0 Å². The zero-order valence-electron chi connectivity index (χ0n) is 12.8. The molecule has 2 unspecified atom stereocenters. The fourth-order valence-electron chi connectivity index (χ4n) is 3.82. The Bertz CT molecular complexity index is 510. The topological polar surface area (TPSA) is 40.5 Å². The summed E-state index contributed by atoms with van der Waals surface area (Å²) in [4.78, 5) is 14.6. The molecular weight excluding hydrogens is 262 g/mol. The van der Waals surface area contributed by atoms with Crippen LogP contribution < -0.4 is 0 Å². The van der Waals surface area contributed by atoms with E-state index in [2.05, 4.69) is 4.90 Å². The monoisotopic (exact) mass is 287 g/mol. The average Bonchev–Trinajstić information content (AvgIpc) is 2.48. The molecule has 0 aromatic heterocycles. The van der Waals surface area contributed by atoms with Gasteiger partial charge in [-0.3, -0.25) is 9.69 Å². The van der Waals surface area contributed by atoms with Crippen LogP contribution >= 0.6 is 0 Å². The van der Waals surface area contributed by atoms with Gasteiger partial charge in [0, 0.05) is 24.6 Å².